The third-order valence-corrected chi connectivity index (χ3v) is 6.85. The molecular formula is C17H30BN3O6S. The van der Waals surface area contributed by atoms with E-state index in [0.29, 0.717) is 58.2 Å². The average molecular weight is 415 g/mol. The number of nitrogens with two attached hydrogens (primary N) is 1. The highest BCUT2D eigenvalue weighted by atomic mass is 32.2. The number of nitrogens with one attached hydrogen (secondary N) is 1. The van der Waals surface area contributed by atoms with E-state index in [1.54, 1.807) is 4.90 Å². The van der Waals surface area contributed by atoms with E-state index in [2.05, 4.69) is 4.72 Å². The zero-order valence-electron chi connectivity index (χ0n) is 16.2. The minimum atomic E-state index is -3.45. The maximum absolute atomic E-state index is 12.1. The molecule has 0 spiro atoms. The van der Waals surface area contributed by atoms with Crippen molar-refractivity contribution in [2.24, 2.45) is 5.73 Å². The first-order chi connectivity index (χ1) is 13.3. The van der Waals surface area contributed by atoms with Gasteiger partial charge in [-0.05, 0) is 38.5 Å². The number of primary amides is 1. The predicted molar refractivity (Wildman–Crippen MR) is 106 cm³/mol. The van der Waals surface area contributed by atoms with E-state index in [4.69, 9.17) is 10.5 Å². The van der Waals surface area contributed by atoms with Crippen LogP contribution in [0.15, 0.2) is 0 Å². The quantitative estimate of drug-likeness (QED) is 0.323. The molecule has 3 N–H and O–H groups in total. The van der Waals surface area contributed by atoms with Crippen molar-refractivity contribution in [3.63, 3.8) is 0 Å². The van der Waals surface area contributed by atoms with Gasteiger partial charge in [-0.3, -0.25) is 19.1 Å². The van der Waals surface area contributed by atoms with Crippen LogP contribution in [0.1, 0.15) is 51.4 Å². The van der Waals surface area contributed by atoms with E-state index in [1.165, 1.54) is 0 Å². The lowest BCUT2D eigenvalue weighted by Gasteiger charge is -2.22. The lowest BCUT2D eigenvalue weighted by atomic mass is 9.72. The molecule has 28 heavy (non-hydrogen) atoms. The standard InChI is InChI=1S/C17H30BN3O6S/c19-16(23)14-5-3-10-21(14)15(22)6-4-12-27-11-2-1-9-18-17(24)20-28(25,26)13-7-8-13/h13-14,18H,1-12H2,(H2,19,23)(H,20,24)/t14-/m0/s1. The number of carbonyl (C=O) groups is 3. The molecule has 1 saturated carbocycles. The van der Waals surface area contributed by atoms with Gasteiger partial charge < -0.3 is 15.4 Å². The largest absolute Gasteiger partial charge is 0.381 e. The molecule has 0 unspecified atom stereocenters. The van der Waals surface area contributed by atoms with Crippen molar-refractivity contribution < 1.29 is 27.5 Å². The molecule has 2 aliphatic rings. The van der Waals surface area contributed by atoms with Crippen LogP contribution in [0, 0.1) is 0 Å². The number of carbonyl (C=O) groups excluding carboxylic acids is 3. The summed E-state index contributed by atoms with van der Waals surface area (Å²) < 4.78 is 30.8. The molecule has 158 valence electrons. The van der Waals surface area contributed by atoms with Gasteiger partial charge in [-0.2, -0.15) is 0 Å². The number of hydrogen-bond acceptors (Lipinski definition) is 6. The van der Waals surface area contributed by atoms with Gasteiger partial charge in [0.2, 0.25) is 29.1 Å². The van der Waals surface area contributed by atoms with Gasteiger partial charge in [0.05, 0.1) is 5.25 Å². The van der Waals surface area contributed by atoms with Gasteiger partial charge in [-0.15, -0.1) is 0 Å². The fraction of sp³-hybridized carbons (Fsp3) is 0.824. The lowest BCUT2D eigenvalue weighted by molar-refractivity contribution is -0.137. The Balaban J connectivity index is 1.44. The highest BCUT2D eigenvalue weighted by Crippen LogP contribution is 2.27. The van der Waals surface area contributed by atoms with Crippen LogP contribution >= 0.6 is 0 Å². The maximum Gasteiger partial charge on any atom is 0.240 e. The molecule has 1 aliphatic heterocycles. The van der Waals surface area contributed by atoms with Crippen LogP contribution in [0.4, 0.5) is 4.79 Å². The van der Waals surface area contributed by atoms with Crippen molar-refractivity contribution in [1.82, 2.24) is 9.62 Å². The Hall–Kier alpha value is -1.62. The van der Waals surface area contributed by atoms with Crippen molar-refractivity contribution >= 4 is 34.9 Å². The van der Waals surface area contributed by atoms with Gasteiger partial charge >= 0.3 is 0 Å². The van der Waals surface area contributed by atoms with Crippen LogP contribution in [-0.4, -0.2) is 69.3 Å². The molecule has 11 heteroatoms. The number of sulfonamides is 1. The van der Waals surface area contributed by atoms with Crippen molar-refractivity contribution in [2.75, 3.05) is 19.8 Å². The maximum atomic E-state index is 12.1. The van der Waals surface area contributed by atoms with E-state index in [-0.39, 0.29) is 18.4 Å². The Labute approximate surface area is 167 Å². The zero-order valence-corrected chi connectivity index (χ0v) is 17.0. The summed E-state index contributed by atoms with van der Waals surface area (Å²) in [7, 11) is -3.25. The molecule has 0 bridgehead atoms. The molecule has 1 aliphatic carbocycles. The molecule has 1 heterocycles. The van der Waals surface area contributed by atoms with E-state index in [1.807, 2.05) is 0 Å². The van der Waals surface area contributed by atoms with Crippen LogP contribution < -0.4 is 10.5 Å². The van der Waals surface area contributed by atoms with Crippen LogP contribution in [-0.2, 0) is 24.3 Å². The molecule has 2 rings (SSSR count). The number of unbranched alkanes of at least 4 members (excludes halogenated alkanes) is 1. The summed E-state index contributed by atoms with van der Waals surface area (Å²) >= 11 is 0. The molecule has 0 aromatic carbocycles. The summed E-state index contributed by atoms with van der Waals surface area (Å²) in [6, 6.07) is -0.468. The molecule has 1 atom stereocenters. The fourth-order valence-corrected chi connectivity index (χ4v) is 4.61. The molecule has 0 radical (unpaired) electrons. The van der Waals surface area contributed by atoms with Gasteiger partial charge in [0.25, 0.3) is 0 Å². The second-order valence-electron chi connectivity index (χ2n) is 7.44. The highest BCUT2D eigenvalue weighted by molar-refractivity contribution is 7.91. The van der Waals surface area contributed by atoms with Crippen molar-refractivity contribution in [3.8, 4) is 0 Å². The van der Waals surface area contributed by atoms with Crippen LogP contribution in [0.3, 0.4) is 0 Å². The number of rotatable bonds is 13. The van der Waals surface area contributed by atoms with Crippen LogP contribution in [0.25, 0.3) is 0 Å². The van der Waals surface area contributed by atoms with E-state index < -0.39 is 27.8 Å². The molecule has 1 saturated heterocycles. The third-order valence-electron chi connectivity index (χ3n) is 4.99. The molecular weight excluding hydrogens is 385 g/mol. The Morgan fingerprint density at radius 1 is 1.11 bits per heavy atom. The SMILES string of the molecule is NC(=O)[C@@H]1CCCN1C(=O)CCCOCCCCBC(=O)NS(=O)(=O)C1CC1. The Kier molecular flexibility index (Phi) is 8.74. The summed E-state index contributed by atoms with van der Waals surface area (Å²) in [5.74, 6) is -0.944. The topological polar surface area (TPSA) is 136 Å². The molecule has 0 aromatic rings. The fourth-order valence-electron chi connectivity index (χ4n) is 3.27. The van der Waals surface area contributed by atoms with Crippen LogP contribution in [0.2, 0.25) is 6.32 Å². The minimum Gasteiger partial charge on any atom is -0.381 e. The zero-order chi connectivity index (χ0) is 20.6. The number of amides is 3. The van der Waals surface area contributed by atoms with Crippen molar-refractivity contribution in [2.45, 2.75) is 69.0 Å². The first-order valence-electron chi connectivity index (χ1n) is 10.0. The molecule has 0 aromatic heterocycles. The van der Waals surface area contributed by atoms with E-state index in [9.17, 15) is 22.8 Å². The highest BCUT2D eigenvalue weighted by Gasteiger charge is 2.36. The van der Waals surface area contributed by atoms with Gasteiger partial charge in [-0.25, -0.2) is 8.42 Å². The van der Waals surface area contributed by atoms with Gasteiger partial charge in [-0.1, -0.05) is 12.7 Å². The predicted octanol–water partition coefficient (Wildman–Crippen LogP) is 0.0963. The number of hydrogen-bond donors (Lipinski definition) is 2. The van der Waals surface area contributed by atoms with Crippen LogP contribution in [0.5, 0.6) is 0 Å². The second kappa shape index (κ2) is 10.8. The van der Waals surface area contributed by atoms with Crippen molar-refractivity contribution in [1.29, 1.82) is 0 Å². The summed E-state index contributed by atoms with van der Waals surface area (Å²) in [4.78, 5) is 36.6. The average Bonchev–Trinajstić information content (AvgIpc) is 3.37. The summed E-state index contributed by atoms with van der Waals surface area (Å²) in [5.41, 5.74) is 5.31. The monoisotopic (exact) mass is 415 g/mol. The summed E-state index contributed by atoms with van der Waals surface area (Å²) in [5, 5.41) is -0.385. The van der Waals surface area contributed by atoms with Gasteiger partial charge in [0.1, 0.15) is 6.04 Å². The third kappa shape index (κ3) is 7.42. The smallest absolute Gasteiger partial charge is 0.240 e. The van der Waals surface area contributed by atoms with E-state index >= 15 is 0 Å². The van der Waals surface area contributed by atoms with E-state index in [0.717, 1.165) is 19.3 Å². The molecule has 2 fully saturated rings. The normalized spacial score (nSPS) is 19.4. The van der Waals surface area contributed by atoms with Gasteiger partial charge in [0.15, 0.2) is 5.81 Å². The number of ether oxygens (including phenoxy) is 1. The Bertz CT molecular complexity index is 668. The Morgan fingerprint density at radius 2 is 1.82 bits per heavy atom. The Morgan fingerprint density at radius 3 is 2.50 bits per heavy atom. The first-order valence-corrected chi connectivity index (χ1v) is 11.6. The minimum absolute atomic E-state index is 0.0583. The number of likely N-dealkylation sites (tertiary alicyclic amines) is 1. The van der Waals surface area contributed by atoms with Gasteiger partial charge in [0, 0.05) is 26.2 Å². The molecule has 3 amide bonds. The number of nitrogens with zero attached hydrogens (tertiary/aromatic N) is 1. The summed E-state index contributed by atoms with van der Waals surface area (Å²) in [6.07, 6.45) is 5.78. The van der Waals surface area contributed by atoms with Crippen molar-refractivity contribution in [3.05, 3.63) is 0 Å². The lowest BCUT2D eigenvalue weighted by Crippen LogP contribution is -2.43. The second-order valence-corrected chi connectivity index (χ2v) is 9.40. The molecule has 9 nitrogen and oxygen atoms in total. The summed E-state index contributed by atoms with van der Waals surface area (Å²) in [6.45, 7) is 1.58. The first kappa shape index (κ1) is 22.7.